The lowest BCUT2D eigenvalue weighted by Gasteiger charge is -2.19. The monoisotopic (exact) mass is 464 g/mol. The number of anilines is 1. The van der Waals surface area contributed by atoms with Crippen LogP contribution in [-0.2, 0) is 9.53 Å². The normalized spacial score (nSPS) is 15.5. The molecule has 2 heterocycles. The van der Waals surface area contributed by atoms with Gasteiger partial charge in [-0.15, -0.1) is 0 Å². The minimum atomic E-state index is -1.19. The van der Waals surface area contributed by atoms with Crippen molar-refractivity contribution in [2.75, 3.05) is 18.2 Å². The van der Waals surface area contributed by atoms with Crippen LogP contribution in [0, 0.1) is 0 Å². The van der Waals surface area contributed by atoms with E-state index in [2.05, 4.69) is 40.6 Å². The number of nitrogens with zero attached hydrogens (tertiary/aromatic N) is 2. The van der Waals surface area contributed by atoms with Crippen molar-refractivity contribution in [3.05, 3.63) is 57.2 Å². The molecule has 3 rings (SSSR count). The van der Waals surface area contributed by atoms with Gasteiger partial charge in [0.1, 0.15) is 12.5 Å². The number of aromatic nitrogens is 1. The van der Waals surface area contributed by atoms with Gasteiger partial charge in [-0.1, -0.05) is 61.6 Å². The van der Waals surface area contributed by atoms with Crippen molar-refractivity contribution < 1.29 is 9.53 Å². The van der Waals surface area contributed by atoms with Crippen LogP contribution in [0.5, 0.6) is 0 Å². The number of amides is 1. The van der Waals surface area contributed by atoms with E-state index < -0.39 is 8.07 Å². The molecule has 4 nitrogen and oxygen atoms in total. The summed E-state index contributed by atoms with van der Waals surface area (Å²) >= 11 is 9.92. The maximum absolute atomic E-state index is 13.1. The Labute approximate surface area is 174 Å². The summed E-state index contributed by atoms with van der Waals surface area (Å²) < 4.78 is 6.47. The first-order valence-electron chi connectivity index (χ1n) is 8.78. The van der Waals surface area contributed by atoms with Crippen LogP contribution in [0.25, 0.3) is 11.6 Å². The fraction of sp³-hybridized carbons (Fsp3) is 0.300. The Morgan fingerprint density at radius 2 is 1.96 bits per heavy atom. The lowest BCUT2D eigenvalue weighted by molar-refractivity contribution is -0.114. The minimum Gasteiger partial charge on any atom is -0.361 e. The predicted molar refractivity (Wildman–Crippen MR) is 118 cm³/mol. The van der Waals surface area contributed by atoms with E-state index in [1.165, 1.54) is 0 Å². The largest absolute Gasteiger partial charge is 0.361 e. The first-order valence-corrected chi connectivity index (χ1v) is 13.7. The van der Waals surface area contributed by atoms with Crippen LogP contribution in [0.15, 0.2) is 41.0 Å². The van der Waals surface area contributed by atoms with Crippen LogP contribution in [0.4, 0.5) is 5.82 Å². The average molecular weight is 466 g/mol. The van der Waals surface area contributed by atoms with E-state index in [1.54, 1.807) is 11.1 Å². The molecule has 0 N–H and O–H groups in total. The zero-order valence-corrected chi connectivity index (χ0v) is 19.0. The van der Waals surface area contributed by atoms with Gasteiger partial charge < -0.3 is 4.74 Å². The molecule has 0 radical (unpaired) electrons. The van der Waals surface area contributed by atoms with Crippen molar-refractivity contribution in [3.8, 4) is 0 Å². The quantitative estimate of drug-likeness (QED) is 0.312. The topological polar surface area (TPSA) is 42.4 Å². The Morgan fingerprint density at radius 1 is 1.26 bits per heavy atom. The molecule has 0 unspecified atom stereocenters. The van der Waals surface area contributed by atoms with E-state index in [0.29, 0.717) is 33.1 Å². The van der Waals surface area contributed by atoms with E-state index in [1.807, 2.05) is 36.4 Å². The van der Waals surface area contributed by atoms with E-state index >= 15 is 0 Å². The van der Waals surface area contributed by atoms with Crippen LogP contribution in [-0.4, -0.2) is 32.3 Å². The number of fused-ring (bicyclic) bond motifs is 1. The van der Waals surface area contributed by atoms with Gasteiger partial charge >= 0.3 is 0 Å². The Balaban J connectivity index is 1.91. The first-order chi connectivity index (χ1) is 12.8. The van der Waals surface area contributed by atoms with Gasteiger partial charge in [0.05, 0.1) is 20.6 Å². The second-order valence-corrected chi connectivity index (χ2v) is 14.5. The van der Waals surface area contributed by atoms with Crippen molar-refractivity contribution in [2.45, 2.75) is 25.7 Å². The van der Waals surface area contributed by atoms with Gasteiger partial charge in [0.25, 0.3) is 5.91 Å². The smallest absolute Gasteiger partial charge is 0.262 e. The van der Waals surface area contributed by atoms with Gasteiger partial charge in [-0.2, -0.15) is 0 Å². The van der Waals surface area contributed by atoms with Crippen molar-refractivity contribution in [1.29, 1.82) is 0 Å². The standard InChI is InChI=1S/C20H22BrClN2O2Si/c1-27(2,3)10-9-26-13-24-19-17(18(22)16(21)12-23-19)15(20(24)25)11-14-7-5-4-6-8-14/h4-8,11-12H,9-10,13H2,1-3H3/b15-11-. The summed E-state index contributed by atoms with van der Waals surface area (Å²) in [6.07, 6.45) is 3.47. The highest BCUT2D eigenvalue weighted by atomic mass is 79.9. The first kappa shape index (κ1) is 20.3. The highest BCUT2D eigenvalue weighted by Gasteiger charge is 2.36. The maximum Gasteiger partial charge on any atom is 0.262 e. The molecule has 0 saturated carbocycles. The number of halogens is 2. The molecular formula is C20H22BrClN2O2Si. The maximum atomic E-state index is 13.1. The van der Waals surface area contributed by atoms with Gasteiger partial charge in [0.2, 0.25) is 0 Å². The number of hydrogen-bond donors (Lipinski definition) is 0. The summed E-state index contributed by atoms with van der Waals surface area (Å²) in [4.78, 5) is 19.1. The number of ether oxygens (including phenoxy) is 1. The molecule has 2 aromatic rings. The van der Waals surface area contributed by atoms with Crippen LogP contribution in [0.1, 0.15) is 11.1 Å². The SMILES string of the molecule is C[Si](C)(C)CCOCN1C(=O)/C(=C\c2ccccc2)c2c1ncc(Br)c2Cl. The molecule has 1 aliphatic heterocycles. The lowest BCUT2D eigenvalue weighted by Crippen LogP contribution is -2.31. The van der Waals surface area contributed by atoms with E-state index in [-0.39, 0.29) is 12.6 Å². The molecule has 0 saturated heterocycles. The average Bonchev–Trinajstić information content (AvgIpc) is 2.88. The summed E-state index contributed by atoms with van der Waals surface area (Å²) in [5.74, 6) is 0.401. The Hall–Kier alpha value is -1.47. The molecule has 7 heteroatoms. The number of carbonyl (C=O) groups excluding carboxylic acids is 1. The van der Waals surface area contributed by atoms with E-state index in [9.17, 15) is 4.79 Å². The van der Waals surface area contributed by atoms with Crippen LogP contribution >= 0.6 is 27.5 Å². The molecular weight excluding hydrogens is 444 g/mol. The van der Waals surface area contributed by atoms with Gasteiger partial charge in [0, 0.05) is 20.9 Å². The second kappa shape index (κ2) is 8.27. The van der Waals surface area contributed by atoms with Crippen molar-refractivity contribution in [3.63, 3.8) is 0 Å². The minimum absolute atomic E-state index is 0.144. The van der Waals surface area contributed by atoms with Crippen molar-refractivity contribution in [1.82, 2.24) is 4.98 Å². The zero-order valence-electron chi connectivity index (χ0n) is 15.6. The molecule has 0 spiro atoms. The molecule has 1 amide bonds. The number of benzene rings is 1. The third kappa shape index (κ3) is 4.69. The van der Waals surface area contributed by atoms with Crippen LogP contribution in [0.3, 0.4) is 0 Å². The summed E-state index contributed by atoms with van der Waals surface area (Å²) in [7, 11) is -1.19. The van der Waals surface area contributed by atoms with Crippen molar-refractivity contribution in [2.24, 2.45) is 0 Å². The summed E-state index contributed by atoms with van der Waals surface area (Å²) in [6.45, 7) is 7.70. The fourth-order valence-electron chi connectivity index (χ4n) is 2.75. The Morgan fingerprint density at radius 3 is 2.63 bits per heavy atom. The van der Waals surface area contributed by atoms with Crippen molar-refractivity contribution >= 4 is 59.0 Å². The molecule has 142 valence electrons. The van der Waals surface area contributed by atoms with Gasteiger partial charge in [-0.3, -0.25) is 9.69 Å². The molecule has 0 atom stereocenters. The molecule has 1 aromatic heterocycles. The van der Waals surface area contributed by atoms with E-state index in [4.69, 9.17) is 16.3 Å². The molecule has 0 aliphatic carbocycles. The summed E-state index contributed by atoms with van der Waals surface area (Å²) in [5, 5.41) is 0.486. The van der Waals surface area contributed by atoms with Crippen LogP contribution in [0.2, 0.25) is 30.7 Å². The Kier molecular flexibility index (Phi) is 6.20. The van der Waals surface area contributed by atoms with Gasteiger partial charge in [-0.25, -0.2) is 4.98 Å². The molecule has 1 aliphatic rings. The summed E-state index contributed by atoms with van der Waals surface area (Å²) in [6, 6.07) is 10.8. The number of rotatable bonds is 6. The zero-order chi connectivity index (χ0) is 19.6. The number of pyridine rings is 1. The van der Waals surface area contributed by atoms with Gasteiger partial charge in [0.15, 0.2) is 0 Å². The highest BCUT2D eigenvalue weighted by Crippen LogP contribution is 2.43. The summed E-state index contributed by atoms with van der Waals surface area (Å²) in [5.41, 5.74) is 2.11. The lowest BCUT2D eigenvalue weighted by atomic mass is 10.1. The molecule has 1 aromatic carbocycles. The fourth-order valence-corrected chi connectivity index (χ4v) is 4.04. The molecule has 0 bridgehead atoms. The Bertz CT molecular complexity index is 882. The number of carbonyl (C=O) groups is 1. The second-order valence-electron chi connectivity index (χ2n) is 7.67. The highest BCUT2D eigenvalue weighted by molar-refractivity contribution is 9.10. The predicted octanol–water partition coefficient (Wildman–Crippen LogP) is 5.70. The number of hydrogen-bond acceptors (Lipinski definition) is 3. The third-order valence-corrected chi connectivity index (χ3v) is 7.21. The molecule has 27 heavy (non-hydrogen) atoms. The van der Waals surface area contributed by atoms with E-state index in [0.717, 1.165) is 11.6 Å². The van der Waals surface area contributed by atoms with Gasteiger partial charge in [-0.05, 0) is 33.6 Å². The molecule has 0 fully saturated rings. The van der Waals surface area contributed by atoms with Crippen LogP contribution < -0.4 is 4.90 Å². The third-order valence-electron chi connectivity index (χ3n) is 4.28.